The predicted octanol–water partition coefficient (Wildman–Crippen LogP) is 2.80. The van der Waals surface area contributed by atoms with Crippen molar-refractivity contribution >= 4 is 17.3 Å². The van der Waals surface area contributed by atoms with Crippen LogP contribution in [0.15, 0.2) is 18.2 Å². The molecule has 1 aromatic carbocycles. The SMILES string of the molecule is COCc1nc(-c2ccc(F)c(OC)c2)sc1C(=O)O. The van der Waals surface area contributed by atoms with E-state index in [2.05, 4.69) is 4.98 Å². The van der Waals surface area contributed by atoms with Crippen molar-refractivity contribution in [3.8, 4) is 16.3 Å². The van der Waals surface area contributed by atoms with Gasteiger partial charge in [0.25, 0.3) is 0 Å². The minimum Gasteiger partial charge on any atom is -0.494 e. The Kier molecular flexibility index (Phi) is 4.31. The summed E-state index contributed by atoms with van der Waals surface area (Å²) in [5, 5.41) is 9.61. The number of thiazole rings is 1. The molecule has 0 aliphatic heterocycles. The average molecular weight is 297 g/mol. The van der Waals surface area contributed by atoms with Crippen molar-refractivity contribution in [2.24, 2.45) is 0 Å². The predicted molar refractivity (Wildman–Crippen MR) is 71.7 cm³/mol. The quantitative estimate of drug-likeness (QED) is 0.919. The average Bonchev–Trinajstić information content (AvgIpc) is 2.84. The Morgan fingerprint density at radius 1 is 1.45 bits per heavy atom. The van der Waals surface area contributed by atoms with Crippen molar-refractivity contribution < 1.29 is 23.8 Å². The van der Waals surface area contributed by atoms with Crippen LogP contribution >= 0.6 is 11.3 Å². The van der Waals surface area contributed by atoms with Gasteiger partial charge in [0.05, 0.1) is 19.4 Å². The third kappa shape index (κ3) is 2.78. The van der Waals surface area contributed by atoms with E-state index in [0.29, 0.717) is 16.3 Å². The number of methoxy groups -OCH3 is 2. The van der Waals surface area contributed by atoms with Crippen molar-refractivity contribution in [1.29, 1.82) is 0 Å². The fourth-order valence-corrected chi connectivity index (χ4v) is 2.57. The maximum absolute atomic E-state index is 13.4. The summed E-state index contributed by atoms with van der Waals surface area (Å²) in [7, 11) is 2.83. The summed E-state index contributed by atoms with van der Waals surface area (Å²) in [5.74, 6) is -1.46. The minimum absolute atomic E-state index is 0.0860. The second-order valence-electron chi connectivity index (χ2n) is 3.88. The van der Waals surface area contributed by atoms with Crippen LogP contribution in [0.25, 0.3) is 10.6 Å². The zero-order valence-corrected chi connectivity index (χ0v) is 11.7. The highest BCUT2D eigenvalue weighted by atomic mass is 32.1. The molecule has 106 valence electrons. The number of aromatic nitrogens is 1. The standard InChI is InChI=1S/C13H12FNO4S/c1-18-6-9-11(13(16)17)20-12(15-9)7-3-4-8(14)10(5-7)19-2/h3-5H,6H2,1-2H3,(H,16,17). The highest BCUT2D eigenvalue weighted by Crippen LogP contribution is 2.31. The lowest BCUT2D eigenvalue weighted by molar-refractivity contribution is 0.0697. The van der Waals surface area contributed by atoms with Crippen molar-refractivity contribution in [2.75, 3.05) is 14.2 Å². The molecular weight excluding hydrogens is 285 g/mol. The summed E-state index contributed by atoms with van der Waals surface area (Å²) in [6.45, 7) is 0.108. The number of nitrogens with zero attached hydrogens (tertiary/aromatic N) is 1. The highest BCUT2D eigenvalue weighted by molar-refractivity contribution is 7.17. The molecule has 5 nitrogen and oxygen atoms in total. The van der Waals surface area contributed by atoms with Gasteiger partial charge in [0.1, 0.15) is 9.88 Å². The van der Waals surface area contributed by atoms with Crippen molar-refractivity contribution in [3.05, 3.63) is 34.6 Å². The van der Waals surface area contributed by atoms with E-state index in [-0.39, 0.29) is 17.2 Å². The number of carboxylic acid groups (broad SMARTS) is 1. The molecule has 0 saturated heterocycles. The van der Waals surface area contributed by atoms with Gasteiger partial charge in [0, 0.05) is 12.7 Å². The first-order valence-corrected chi connectivity index (χ1v) is 6.44. The Labute approximate surface area is 118 Å². The fraction of sp³-hybridized carbons (Fsp3) is 0.231. The molecule has 1 heterocycles. The van der Waals surface area contributed by atoms with E-state index in [1.54, 1.807) is 0 Å². The minimum atomic E-state index is -1.06. The molecule has 2 rings (SSSR count). The molecule has 2 aromatic rings. The largest absolute Gasteiger partial charge is 0.494 e. The molecule has 1 N–H and O–H groups in total. The van der Waals surface area contributed by atoms with E-state index in [1.165, 1.54) is 32.4 Å². The zero-order valence-electron chi connectivity index (χ0n) is 10.8. The Morgan fingerprint density at radius 2 is 2.20 bits per heavy atom. The van der Waals surface area contributed by atoms with Gasteiger partial charge < -0.3 is 14.6 Å². The van der Waals surface area contributed by atoms with Crippen LogP contribution in [0.4, 0.5) is 4.39 Å². The molecule has 20 heavy (non-hydrogen) atoms. The van der Waals surface area contributed by atoms with Gasteiger partial charge in [0.2, 0.25) is 0 Å². The lowest BCUT2D eigenvalue weighted by Gasteiger charge is -2.03. The zero-order chi connectivity index (χ0) is 14.7. The van der Waals surface area contributed by atoms with Gasteiger partial charge in [-0.2, -0.15) is 0 Å². The number of aromatic carboxylic acids is 1. The van der Waals surface area contributed by atoms with E-state index in [9.17, 15) is 9.18 Å². The van der Waals surface area contributed by atoms with Crippen molar-refractivity contribution in [3.63, 3.8) is 0 Å². The number of hydrogen-bond donors (Lipinski definition) is 1. The van der Waals surface area contributed by atoms with Gasteiger partial charge in [-0.25, -0.2) is 14.2 Å². The van der Waals surface area contributed by atoms with Gasteiger partial charge in [-0.3, -0.25) is 0 Å². The molecule has 0 spiro atoms. The summed E-state index contributed by atoms with van der Waals surface area (Å²) in [6, 6.07) is 4.27. The summed E-state index contributed by atoms with van der Waals surface area (Å²) in [6.07, 6.45) is 0. The maximum Gasteiger partial charge on any atom is 0.347 e. The molecule has 1 aromatic heterocycles. The van der Waals surface area contributed by atoms with Crippen LogP contribution in [-0.2, 0) is 11.3 Å². The second kappa shape index (κ2) is 5.98. The summed E-state index contributed by atoms with van der Waals surface area (Å²) >= 11 is 1.02. The number of ether oxygens (including phenoxy) is 2. The van der Waals surface area contributed by atoms with Crippen LogP contribution < -0.4 is 4.74 Å². The van der Waals surface area contributed by atoms with Crippen LogP contribution in [0.2, 0.25) is 0 Å². The molecule has 0 aliphatic carbocycles. The Morgan fingerprint density at radius 3 is 2.80 bits per heavy atom. The number of rotatable bonds is 5. The molecular formula is C13H12FNO4S. The molecule has 0 amide bonds. The van der Waals surface area contributed by atoms with E-state index >= 15 is 0 Å². The van der Waals surface area contributed by atoms with Crippen LogP contribution in [0.3, 0.4) is 0 Å². The van der Waals surface area contributed by atoms with Crippen LogP contribution in [0, 0.1) is 5.82 Å². The number of carboxylic acids is 1. The third-order valence-corrected chi connectivity index (χ3v) is 3.71. The van der Waals surface area contributed by atoms with Crippen molar-refractivity contribution in [1.82, 2.24) is 4.98 Å². The molecule has 7 heteroatoms. The van der Waals surface area contributed by atoms with Gasteiger partial charge in [-0.15, -0.1) is 11.3 Å². The lowest BCUT2D eigenvalue weighted by atomic mass is 10.2. The normalized spacial score (nSPS) is 10.6. The second-order valence-corrected chi connectivity index (χ2v) is 4.88. The van der Waals surface area contributed by atoms with Crippen LogP contribution in [-0.4, -0.2) is 30.3 Å². The van der Waals surface area contributed by atoms with E-state index in [1.807, 2.05) is 0 Å². The monoisotopic (exact) mass is 297 g/mol. The number of benzene rings is 1. The van der Waals surface area contributed by atoms with Crippen LogP contribution in [0.5, 0.6) is 5.75 Å². The lowest BCUT2D eigenvalue weighted by Crippen LogP contribution is -1.99. The number of hydrogen-bond acceptors (Lipinski definition) is 5. The third-order valence-electron chi connectivity index (χ3n) is 2.57. The van der Waals surface area contributed by atoms with Gasteiger partial charge in [-0.1, -0.05) is 0 Å². The molecule has 0 atom stereocenters. The van der Waals surface area contributed by atoms with E-state index in [4.69, 9.17) is 14.6 Å². The molecule has 0 unspecified atom stereocenters. The molecule has 0 fully saturated rings. The van der Waals surface area contributed by atoms with Crippen LogP contribution in [0.1, 0.15) is 15.4 Å². The van der Waals surface area contributed by atoms with Gasteiger partial charge >= 0.3 is 5.97 Å². The molecule has 0 bridgehead atoms. The van der Waals surface area contributed by atoms with E-state index < -0.39 is 11.8 Å². The first-order chi connectivity index (χ1) is 9.56. The van der Waals surface area contributed by atoms with Crippen molar-refractivity contribution in [2.45, 2.75) is 6.61 Å². The molecule has 0 saturated carbocycles. The highest BCUT2D eigenvalue weighted by Gasteiger charge is 2.18. The summed E-state index contributed by atoms with van der Waals surface area (Å²) in [4.78, 5) is 15.5. The summed E-state index contributed by atoms with van der Waals surface area (Å²) in [5.41, 5.74) is 0.946. The van der Waals surface area contributed by atoms with Gasteiger partial charge in [0.15, 0.2) is 11.6 Å². The smallest absolute Gasteiger partial charge is 0.347 e. The first-order valence-electron chi connectivity index (χ1n) is 5.62. The van der Waals surface area contributed by atoms with Gasteiger partial charge in [-0.05, 0) is 18.2 Å². The first kappa shape index (κ1) is 14.4. The maximum atomic E-state index is 13.4. The Balaban J connectivity index is 2.47. The molecule has 0 aliphatic rings. The Hall–Kier alpha value is -1.99. The Bertz CT molecular complexity index is 641. The van der Waals surface area contributed by atoms with E-state index in [0.717, 1.165) is 11.3 Å². The number of halogens is 1. The topological polar surface area (TPSA) is 68.7 Å². The molecule has 0 radical (unpaired) electrons. The fourth-order valence-electron chi connectivity index (χ4n) is 1.67. The number of carbonyl (C=O) groups is 1. The summed E-state index contributed by atoms with van der Waals surface area (Å²) < 4.78 is 23.2.